The van der Waals surface area contributed by atoms with Crippen molar-refractivity contribution in [2.24, 2.45) is 0 Å². The fourth-order valence-electron chi connectivity index (χ4n) is 2.62. The zero-order chi connectivity index (χ0) is 21.3. The van der Waals surface area contributed by atoms with Crippen LogP contribution in [0.2, 0.25) is 0 Å². The van der Waals surface area contributed by atoms with E-state index >= 15 is 0 Å². The number of carbonyl (C=O) groups excluding carboxylic acids is 2. The maximum Gasteiger partial charge on any atom is 0.244 e. The van der Waals surface area contributed by atoms with E-state index in [9.17, 15) is 18.0 Å². The molecular formula is C19H27N3O6S. The number of hydrogen-bond acceptors (Lipinski definition) is 6. The van der Waals surface area contributed by atoms with Crippen molar-refractivity contribution < 1.29 is 27.5 Å². The Hall–Kier alpha value is -2.43. The summed E-state index contributed by atoms with van der Waals surface area (Å²) in [5.74, 6) is -0.359. The first kappa shape index (κ1) is 22.9. The number of methoxy groups -OCH3 is 1. The molecule has 1 saturated heterocycles. The van der Waals surface area contributed by atoms with Gasteiger partial charge in [-0.15, -0.1) is 0 Å². The number of morpholine rings is 1. The highest BCUT2D eigenvalue weighted by atomic mass is 32.2. The van der Waals surface area contributed by atoms with Gasteiger partial charge in [-0.05, 0) is 30.7 Å². The number of amides is 2. The van der Waals surface area contributed by atoms with E-state index in [1.165, 1.54) is 17.3 Å². The van der Waals surface area contributed by atoms with E-state index in [1.54, 1.807) is 37.5 Å². The zero-order valence-electron chi connectivity index (χ0n) is 16.6. The molecule has 0 spiro atoms. The lowest BCUT2D eigenvalue weighted by molar-refractivity contribution is -0.126. The van der Waals surface area contributed by atoms with Gasteiger partial charge in [-0.1, -0.05) is 12.1 Å². The standard InChI is InChI=1S/C19H27N3O6S/c1-15(21-18(23)8-5-16-3-6-17(27-2)7-4-16)19(24)20-9-14-29(25,26)22-10-12-28-13-11-22/h3-8,15H,9-14H2,1-2H3,(H,20,24)(H,21,23)/b8-5+. The van der Waals surface area contributed by atoms with Crippen LogP contribution in [0.3, 0.4) is 0 Å². The van der Waals surface area contributed by atoms with Crippen molar-refractivity contribution in [1.29, 1.82) is 0 Å². The summed E-state index contributed by atoms with van der Waals surface area (Å²) in [5.41, 5.74) is 0.811. The SMILES string of the molecule is COc1ccc(/C=C/C(=O)NC(C)C(=O)NCCS(=O)(=O)N2CCOCC2)cc1. The molecule has 29 heavy (non-hydrogen) atoms. The van der Waals surface area contributed by atoms with Crippen molar-refractivity contribution in [2.45, 2.75) is 13.0 Å². The fourth-order valence-corrected chi connectivity index (χ4v) is 3.95. The van der Waals surface area contributed by atoms with Gasteiger partial charge in [0.2, 0.25) is 21.8 Å². The van der Waals surface area contributed by atoms with Gasteiger partial charge in [0.25, 0.3) is 0 Å². The van der Waals surface area contributed by atoms with Gasteiger partial charge < -0.3 is 20.1 Å². The van der Waals surface area contributed by atoms with Gasteiger partial charge in [0.05, 0.1) is 26.1 Å². The Balaban J connectivity index is 1.74. The monoisotopic (exact) mass is 425 g/mol. The smallest absolute Gasteiger partial charge is 0.244 e. The van der Waals surface area contributed by atoms with Crippen LogP contribution in [0.15, 0.2) is 30.3 Å². The molecule has 1 aliphatic heterocycles. The Morgan fingerprint density at radius 3 is 2.52 bits per heavy atom. The minimum absolute atomic E-state index is 0.0274. The van der Waals surface area contributed by atoms with Crippen LogP contribution >= 0.6 is 0 Å². The third kappa shape index (κ3) is 7.48. The molecule has 160 valence electrons. The quantitative estimate of drug-likeness (QED) is 0.538. The first-order chi connectivity index (χ1) is 13.8. The second-order valence-electron chi connectivity index (χ2n) is 6.46. The number of nitrogens with zero attached hydrogens (tertiary/aromatic N) is 1. The summed E-state index contributed by atoms with van der Waals surface area (Å²) in [5, 5.41) is 5.09. The summed E-state index contributed by atoms with van der Waals surface area (Å²) in [4.78, 5) is 24.1. The lowest BCUT2D eigenvalue weighted by Gasteiger charge is -2.26. The number of hydrogen-bond donors (Lipinski definition) is 2. The molecule has 2 amide bonds. The first-order valence-corrected chi connectivity index (χ1v) is 10.9. The molecule has 1 aromatic carbocycles. The molecule has 0 radical (unpaired) electrons. The Morgan fingerprint density at radius 1 is 1.24 bits per heavy atom. The van der Waals surface area contributed by atoms with Crippen molar-refractivity contribution in [3.05, 3.63) is 35.9 Å². The molecule has 1 fully saturated rings. The Bertz CT molecular complexity index is 817. The molecule has 0 bridgehead atoms. The van der Waals surface area contributed by atoms with Crippen molar-refractivity contribution in [3.8, 4) is 5.75 Å². The van der Waals surface area contributed by atoms with Gasteiger partial charge in [-0.2, -0.15) is 4.31 Å². The highest BCUT2D eigenvalue weighted by Gasteiger charge is 2.24. The summed E-state index contributed by atoms with van der Waals surface area (Å²) in [6.07, 6.45) is 2.95. The van der Waals surface area contributed by atoms with Crippen molar-refractivity contribution >= 4 is 27.9 Å². The normalized spacial score (nSPS) is 16.3. The maximum absolute atomic E-state index is 12.2. The fraction of sp³-hybridized carbons (Fsp3) is 0.474. The summed E-state index contributed by atoms with van der Waals surface area (Å²) < 4.78 is 36.0. The van der Waals surface area contributed by atoms with Gasteiger partial charge in [-0.3, -0.25) is 9.59 Å². The van der Waals surface area contributed by atoms with Gasteiger partial charge in [0.1, 0.15) is 11.8 Å². The number of carbonyl (C=O) groups is 2. The predicted molar refractivity (Wildman–Crippen MR) is 109 cm³/mol. The van der Waals surface area contributed by atoms with Crippen LogP contribution in [0.5, 0.6) is 5.75 Å². The van der Waals surface area contributed by atoms with Crippen LogP contribution in [0.25, 0.3) is 6.08 Å². The third-order valence-corrected chi connectivity index (χ3v) is 6.19. The average Bonchev–Trinajstić information content (AvgIpc) is 2.73. The van der Waals surface area contributed by atoms with E-state index < -0.39 is 27.9 Å². The Morgan fingerprint density at radius 2 is 1.90 bits per heavy atom. The van der Waals surface area contributed by atoms with Crippen LogP contribution in [-0.2, 0) is 24.3 Å². The molecule has 1 unspecified atom stereocenters. The van der Waals surface area contributed by atoms with E-state index in [0.717, 1.165) is 5.56 Å². The van der Waals surface area contributed by atoms with Crippen molar-refractivity contribution in [2.75, 3.05) is 45.7 Å². The van der Waals surface area contributed by atoms with Crippen LogP contribution in [0.4, 0.5) is 0 Å². The molecule has 10 heteroatoms. The summed E-state index contributed by atoms with van der Waals surface area (Å²) in [6, 6.07) is 6.35. The predicted octanol–water partition coefficient (Wildman–Crippen LogP) is -0.00870. The molecule has 0 aromatic heterocycles. The summed E-state index contributed by atoms with van der Waals surface area (Å²) >= 11 is 0. The number of sulfonamides is 1. The first-order valence-electron chi connectivity index (χ1n) is 9.28. The van der Waals surface area contributed by atoms with E-state index in [1.807, 2.05) is 0 Å². The minimum atomic E-state index is -3.44. The Labute approximate surface area is 171 Å². The van der Waals surface area contributed by atoms with Crippen LogP contribution in [-0.4, -0.2) is 76.3 Å². The molecule has 0 aliphatic carbocycles. The molecule has 1 aromatic rings. The maximum atomic E-state index is 12.2. The molecule has 1 aliphatic rings. The lowest BCUT2D eigenvalue weighted by Crippen LogP contribution is -2.47. The zero-order valence-corrected chi connectivity index (χ0v) is 17.4. The van der Waals surface area contributed by atoms with E-state index in [2.05, 4.69) is 10.6 Å². The van der Waals surface area contributed by atoms with Crippen LogP contribution < -0.4 is 15.4 Å². The highest BCUT2D eigenvalue weighted by Crippen LogP contribution is 2.12. The summed E-state index contributed by atoms with van der Waals surface area (Å²) in [6.45, 7) is 2.90. The second-order valence-corrected chi connectivity index (χ2v) is 8.54. The molecule has 0 saturated carbocycles. The largest absolute Gasteiger partial charge is 0.497 e. The third-order valence-electron chi connectivity index (χ3n) is 4.32. The van der Waals surface area contributed by atoms with Gasteiger partial charge in [0, 0.05) is 25.7 Å². The van der Waals surface area contributed by atoms with Crippen LogP contribution in [0.1, 0.15) is 12.5 Å². The Kier molecular flexibility index (Phi) is 8.62. The molecule has 2 rings (SSSR count). The van der Waals surface area contributed by atoms with Crippen molar-refractivity contribution in [1.82, 2.24) is 14.9 Å². The molecule has 1 heterocycles. The average molecular weight is 426 g/mol. The minimum Gasteiger partial charge on any atom is -0.497 e. The van der Waals surface area contributed by atoms with E-state index in [4.69, 9.17) is 9.47 Å². The number of nitrogens with one attached hydrogen (secondary N) is 2. The van der Waals surface area contributed by atoms with Gasteiger partial charge >= 0.3 is 0 Å². The number of benzene rings is 1. The van der Waals surface area contributed by atoms with E-state index in [0.29, 0.717) is 32.1 Å². The van der Waals surface area contributed by atoms with E-state index in [-0.39, 0.29) is 12.3 Å². The van der Waals surface area contributed by atoms with Gasteiger partial charge in [0.15, 0.2) is 0 Å². The topological polar surface area (TPSA) is 114 Å². The molecule has 1 atom stereocenters. The molecular weight excluding hydrogens is 398 g/mol. The second kappa shape index (κ2) is 10.9. The molecule has 9 nitrogen and oxygen atoms in total. The lowest BCUT2D eigenvalue weighted by atomic mass is 10.2. The van der Waals surface area contributed by atoms with Crippen molar-refractivity contribution in [3.63, 3.8) is 0 Å². The summed E-state index contributed by atoms with van der Waals surface area (Å²) in [7, 11) is -1.87. The molecule has 2 N–H and O–H groups in total. The van der Waals surface area contributed by atoms with Gasteiger partial charge in [-0.25, -0.2) is 8.42 Å². The highest BCUT2D eigenvalue weighted by molar-refractivity contribution is 7.89. The number of ether oxygens (including phenoxy) is 2. The van der Waals surface area contributed by atoms with Crippen LogP contribution in [0, 0.1) is 0 Å². The number of rotatable bonds is 9.